The molecule has 10 aromatic rings. The Balaban J connectivity index is 1.38. The summed E-state index contributed by atoms with van der Waals surface area (Å²) in [7, 11) is 0. The molecule has 0 atom stereocenters. The number of alkyl halides is 6. The zero-order valence-electron chi connectivity index (χ0n) is 33.2. The molecule has 0 aliphatic rings. The predicted octanol–water partition coefficient (Wildman–Crippen LogP) is 15.4. The number of nitrogens with zero attached hydrogens (tertiary/aromatic N) is 3. The van der Waals surface area contributed by atoms with Crippen LogP contribution in [0.2, 0.25) is 0 Å². The summed E-state index contributed by atoms with van der Waals surface area (Å²) in [5.41, 5.74) is 6.19. The fraction of sp³-hybridized carbons (Fsp3) is 0.0755. The van der Waals surface area contributed by atoms with E-state index in [9.17, 15) is 31.6 Å². The summed E-state index contributed by atoms with van der Waals surface area (Å²) < 4.78 is 90.8. The van der Waals surface area contributed by atoms with Crippen molar-refractivity contribution < 1.29 is 26.3 Å². The van der Waals surface area contributed by atoms with Gasteiger partial charge in [0, 0.05) is 27.1 Å². The lowest BCUT2D eigenvalue weighted by Crippen LogP contribution is -2.13. The second kappa shape index (κ2) is 14.3. The maximum Gasteiger partial charge on any atom is 0.417 e. The van der Waals surface area contributed by atoms with Crippen molar-refractivity contribution in [1.29, 1.82) is 5.26 Å². The van der Waals surface area contributed by atoms with Crippen LogP contribution in [0.3, 0.4) is 0 Å². The smallest absolute Gasteiger partial charge is 0.307 e. The molecule has 0 radical (unpaired) electrons. The minimum Gasteiger partial charge on any atom is -0.307 e. The van der Waals surface area contributed by atoms with Crippen molar-refractivity contribution in [2.75, 3.05) is 0 Å². The molecule has 0 saturated heterocycles. The first kappa shape index (κ1) is 38.6. The van der Waals surface area contributed by atoms with Gasteiger partial charge in [-0.2, -0.15) is 31.6 Å². The Morgan fingerprint density at radius 1 is 0.419 bits per heavy atom. The van der Waals surface area contributed by atoms with Crippen molar-refractivity contribution in [3.8, 4) is 50.8 Å². The van der Waals surface area contributed by atoms with Crippen LogP contribution in [-0.4, -0.2) is 9.13 Å². The molecule has 8 aromatic carbocycles. The van der Waals surface area contributed by atoms with E-state index in [-0.39, 0.29) is 17.2 Å². The van der Waals surface area contributed by atoms with E-state index in [1.165, 1.54) is 6.07 Å². The Hall–Kier alpha value is -7.57. The fourth-order valence-corrected chi connectivity index (χ4v) is 9.03. The third-order valence-corrected chi connectivity index (χ3v) is 11.9. The number of aromatic nitrogens is 2. The maximum absolute atomic E-state index is 15.0. The zero-order valence-corrected chi connectivity index (χ0v) is 33.2. The van der Waals surface area contributed by atoms with Crippen LogP contribution in [0.4, 0.5) is 26.3 Å². The van der Waals surface area contributed by atoms with Crippen molar-refractivity contribution in [3.05, 3.63) is 192 Å². The number of hydrogen-bond acceptors (Lipinski definition) is 1. The lowest BCUT2D eigenvalue weighted by Gasteiger charge is -2.21. The second-order valence-corrected chi connectivity index (χ2v) is 15.6. The molecule has 10 rings (SSSR count). The minimum atomic E-state index is -5.18. The number of rotatable bonds is 5. The Morgan fingerprint density at radius 2 is 0.887 bits per heavy atom. The molecule has 302 valence electrons. The minimum absolute atomic E-state index is 0.124. The molecule has 0 N–H and O–H groups in total. The van der Waals surface area contributed by atoms with E-state index in [1.54, 1.807) is 6.07 Å². The summed E-state index contributed by atoms with van der Waals surface area (Å²) in [6.45, 7) is 4.06. The fourth-order valence-electron chi connectivity index (χ4n) is 9.03. The Kier molecular flexibility index (Phi) is 8.89. The highest BCUT2D eigenvalue weighted by Crippen LogP contribution is 2.46. The van der Waals surface area contributed by atoms with Crippen LogP contribution in [0.25, 0.3) is 88.4 Å². The van der Waals surface area contributed by atoms with Gasteiger partial charge in [0.15, 0.2) is 0 Å². The molecule has 9 heteroatoms. The molecule has 0 saturated carbocycles. The number of hydrogen-bond donors (Lipinski definition) is 0. The highest BCUT2D eigenvalue weighted by molar-refractivity contribution is 6.13. The van der Waals surface area contributed by atoms with Gasteiger partial charge < -0.3 is 9.13 Å². The average molecular weight is 826 g/mol. The molecule has 2 aromatic heterocycles. The first-order valence-electron chi connectivity index (χ1n) is 19.9. The second-order valence-electron chi connectivity index (χ2n) is 15.6. The SMILES string of the molecule is Cc1ccccc1-c1ccc2c3ccccc3n(-c3cc(C#N)c(-c4ccc(C(F)(F)F)cc4C(F)(F)F)cc3-n3c4ccccc4c4ccc(-c5ccccc5C)cc43)c2c1. The van der Waals surface area contributed by atoms with E-state index in [1.807, 2.05) is 132 Å². The van der Waals surface area contributed by atoms with E-state index in [0.717, 1.165) is 83.1 Å². The van der Waals surface area contributed by atoms with Crippen LogP contribution in [0.1, 0.15) is 27.8 Å². The van der Waals surface area contributed by atoms with Crippen LogP contribution in [-0.2, 0) is 12.4 Å². The molecule has 0 amide bonds. The number of halogens is 6. The first-order valence-corrected chi connectivity index (χ1v) is 19.9. The normalized spacial score (nSPS) is 12.2. The van der Waals surface area contributed by atoms with Crippen molar-refractivity contribution in [3.63, 3.8) is 0 Å². The lowest BCUT2D eigenvalue weighted by atomic mass is 9.92. The van der Waals surface area contributed by atoms with E-state index in [2.05, 4.69) is 30.3 Å². The standard InChI is InChI=1S/C53H33F6N3/c1-31-11-3-5-13-37(31)33-19-22-42-40-15-7-9-17-46(40)61(48(42)25-33)50-27-35(30-60)44(39-24-21-36(52(54,55)56)28-45(39)53(57,58)59)29-51(50)62-47-18-10-8-16-41(47)43-23-20-34(26-49(43)62)38-14-6-4-12-32(38)2/h3-29H,1-2H3. The molecule has 0 fully saturated rings. The van der Waals surface area contributed by atoms with Gasteiger partial charge >= 0.3 is 12.4 Å². The topological polar surface area (TPSA) is 33.6 Å². The van der Waals surface area contributed by atoms with E-state index in [4.69, 9.17) is 0 Å². The molecule has 0 aliphatic carbocycles. The van der Waals surface area contributed by atoms with E-state index in [0.29, 0.717) is 17.4 Å². The first-order chi connectivity index (χ1) is 29.8. The molecule has 0 bridgehead atoms. The van der Waals surface area contributed by atoms with Gasteiger partial charge in [0.25, 0.3) is 0 Å². The van der Waals surface area contributed by atoms with Crippen LogP contribution in [0.5, 0.6) is 0 Å². The summed E-state index contributed by atoms with van der Waals surface area (Å²) >= 11 is 0. The number of para-hydroxylation sites is 2. The monoisotopic (exact) mass is 825 g/mol. The largest absolute Gasteiger partial charge is 0.417 e. The zero-order chi connectivity index (χ0) is 43.1. The number of nitriles is 1. The highest BCUT2D eigenvalue weighted by Gasteiger charge is 2.39. The number of benzene rings is 8. The van der Waals surface area contributed by atoms with Crippen LogP contribution >= 0.6 is 0 Å². The van der Waals surface area contributed by atoms with Gasteiger partial charge in [0.1, 0.15) is 0 Å². The number of fused-ring (bicyclic) bond motifs is 6. The molecule has 0 aliphatic heterocycles. The average Bonchev–Trinajstić information content (AvgIpc) is 3.77. The third kappa shape index (κ3) is 6.21. The van der Waals surface area contributed by atoms with Crippen LogP contribution in [0, 0.1) is 25.2 Å². The molecule has 3 nitrogen and oxygen atoms in total. The molecular weight excluding hydrogens is 793 g/mol. The van der Waals surface area contributed by atoms with Crippen molar-refractivity contribution in [1.82, 2.24) is 9.13 Å². The van der Waals surface area contributed by atoms with E-state index < -0.39 is 29.0 Å². The van der Waals surface area contributed by atoms with E-state index >= 15 is 0 Å². The molecule has 62 heavy (non-hydrogen) atoms. The van der Waals surface area contributed by atoms with Gasteiger partial charge in [-0.15, -0.1) is 0 Å². The quantitative estimate of drug-likeness (QED) is 0.159. The molecule has 0 unspecified atom stereocenters. The lowest BCUT2D eigenvalue weighted by molar-refractivity contribution is -0.142. The summed E-state index contributed by atoms with van der Waals surface area (Å²) in [4.78, 5) is 0. The van der Waals surface area contributed by atoms with Gasteiger partial charge in [-0.25, -0.2) is 0 Å². The molecule has 2 heterocycles. The van der Waals surface area contributed by atoms with Gasteiger partial charge in [-0.3, -0.25) is 0 Å². The summed E-state index contributed by atoms with van der Waals surface area (Å²) in [5, 5.41) is 14.4. The molecular formula is C53H33F6N3. The Bertz CT molecular complexity index is 3490. The van der Waals surface area contributed by atoms with Crippen molar-refractivity contribution in [2.45, 2.75) is 26.2 Å². The van der Waals surface area contributed by atoms with Gasteiger partial charge in [-0.1, -0.05) is 115 Å². The van der Waals surface area contributed by atoms with Crippen LogP contribution < -0.4 is 0 Å². The van der Waals surface area contributed by atoms with Crippen molar-refractivity contribution in [2.24, 2.45) is 0 Å². The van der Waals surface area contributed by atoms with Gasteiger partial charge in [-0.05, 0) is 101 Å². The summed E-state index contributed by atoms with van der Waals surface area (Å²) in [6, 6.07) is 50.7. The number of aryl methyl sites for hydroxylation is 2. The summed E-state index contributed by atoms with van der Waals surface area (Å²) in [6.07, 6.45) is -10.2. The molecule has 0 spiro atoms. The highest BCUT2D eigenvalue weighted by atomic mass is 19.4. The van der Waals surface area contributed by atoms with Crippen LogP contribution in [0.15, 0.2) is 164 Å². The Labute approximate surface area is 351 Å². The third-order valence-electron chi connectivity index (χ3n) is 11.9. The van der Waals surface area contributed by atoms with Gasteiger partial charge in [0.05, 0.1) is 56.2 Å². The van der Waals surface area contributed by atoms with Gasteiger partial charge in [0.2, 0.25) is 0 Å². The summed E-state index contributed by atoms with van der Waals surface area (Å²) in [5.74, 6) is 0. The predicted molar refractivity (Wildman–Crippen MR) is 236 cm³/mol. The van der Waals surface area contributed by atoms with Crippen molar-refractivity contribution >= 4 is 43.6 Å². The Morgan fingerprint density at radius 3 is 1.37 bits per heavy atom. The maximum atomic E-state index is 15.0.